The van der Waals surface area contributed by atoms with Gasteiger partial charge in [0.2, 0.25) is 0 Å². The number of hydrogen-bond donors (Lipinski definition) is 1. The molecule has 0 amide bonds. The molecule has 0 fully saturated rings. The topological polar surface area (TPSA) is 86.7 Å². The molecule has 0 bridgehead atoms. The van der Waals surface area contributed by atoms with E-state index < -0.39 is 10.1 Å². The second-order valence-corrected chi connectivity index (χ2v) is 9.85. The van der Waals surface area contributed by atoms with Crippen LogP contribution >= 0.6 is 0 Å². The van der Waals surface area contributed by atoms with Crippen molar-refractivity contribution in [2.75, 3.05) is 0 Å². The van der Waals surface area contributed by atoms with Gasteiger partial charge < -0.3 is 9.84 Å². The molecule has 2 rings (SSSR count). The summed E-state index contributed by atoms with van der Waals surface area (Å²) in [5.74, 6) is 0.437. The second-order valence-electron chi connectivity index (χ2n) is 8.43. The van der Waals surface area contributed by atoms with Gasteiger partial charge in [-0.2, -0.15) is 8.42 Å². The number of benzene rings is 2. The Morgan fingerprint density at radius 2 is 1.30 bits per heavy atom. The number of ether oxygens (including phenoxy) is 1. The number of aryl methyl sites for hydroxylation is 1. The van der Waals surface area contributed by atoms with Crippen molar-refractivity contribution in [2.24, 2.45) is 0 Å². The van der Waals surface area contributed by atoms with E-state index in [-0.39, 0.29) is 46.0 Å². The third kappa shape index (κ3) is 11.8. The minimum Gasteiger partial charge on any atom is -0.870 e. The predicted octanol–water partition coefficient (Wildman–Crippen LogP) is 4.05. The smallest absolute Gasteiger partial charge is 0.870 e. The van der Waals surface area contributed by atoms with Gasteiger partial charge in [-0.15, -0.1) is 0 Å². The van der Waals surface area contributed by atoms with E-state index in [0.29, 0.717) is 5.75 Å². The van der Waals surface area contributed by atoms with Crippen molar-refractivity contribution in [3.63, 3.8) is 0 Å². The fourth-order valence-electron chi connectivity index (χ4n) is 3.80. The summed E-state index contributed by atoms with van der Waals surface area (Å²) in [6.07, 6.45) is 16.1. The molecule has 0 aromatic heterocycles. The third-order valence-corrected chi connectivity index (χ3v) is 6.58. The van der Waals surface area contributed by atoms with Crippen LogP contribution in [0, 0.1) is 0 Å². The van der Waals surface area contributed by atoms with Crippen LogP contribution in [0.25, 0.3) is 0 Å². The largest absolute Gasteiger partial charge is 1.00 e. The molecule has 0 aliphatic rings. The van der Waals surface area contributed by atoms with Gasteiger partial charge in [-0.25, -0.2) is 0 Å². The number of para-hydroxylation sites is 1. The maximum atomic E-state index is 12.7. The fraction of sp³-hybridized carbons (Fsp3) is 0.538. The molecular weight excluding hydrogens is 447 g/mol. The van der Waals surface area contributed by atoms with Crippen molar-refractivity contribution < 1.29 is 52.4 Å². The van der Waals surface area contributed by atoms with Crippen LogP contribution in [-0.4, -0.2) is 13.0 Å². The van der Waals surface area contributed by atoms with Crippen LogP contribution in [-0.2, 0) is 16.5 Å². The molecule has 0 atom stereocenters. The summed E-state index contributed by atoms with van der Waals surface area (Å²) in [4.78, 5) is -0.215. The summed E-state index contributed by atoms with van der Waals surface area (Å²) in [6.45, 7) is 2.25. The van der Waals surface area contributed by atoms with E-state index in [2.05, 4.69) is 6.92 Å². The van der Waals surface area contributed by atoms with Gasteiger partial charge in [0.25, 0.3) is 10.1 Å². The van der Waals surface area contributed by atoms with Gasteiger partial charge in [-0.05, 0) is 43.2 Å². The van der Waals surface area contributed by atoms with E-state index in [0.717, 1.165) is 24.8 Å². The zero-order valence-electron chi connectivity index (χ0n) is 20.2. The molecule has 2 aromatic rings. The normalized spacial score (nSPS) is 11.2. The SMILES string of the molecule is CCCCCCCCCCCCCCc1cccc(Oc2ccc(S(=O)(=O)O)cc2)c1[O-].[Na+]. The van der Waals surface area contributed by atoms with E-state index in [1.54, 1.807) is 12.1 Å². The molecule has 0 radical (unpaired) electrons. The standard InChI is InChI=1S/C26H38O5S.Na/c1-2-3-4-5-6-7-8-9-10-11-12-13-15-22-16-14-17-25(26(22)27)31-23-18-20-24(21-19-23)32(28,29)30;/h14,16-21,27H,2-13,15H2,1H3,(H,28,29,30);/q;+1/p-1. The van der Waals surface area contributed by atoms with Gasteiger partial charge in [0.1, 0.15) is 11.5 Å². The van der Waals surface area contributed by atoms with Crippen molar-refractivity contribution >= 4 is 10.1 Å². The molecule has 0 aliphatic heterocycles. The first kappa shape index (κ1) is 30.0. The Morgan fingerprint density at radius 3 is 1.82 bits per heavy atom. The monoisotopic (exact) mass is 484 g/mol. The maximum Gasteiger partial charge on any atom is 1.00 e. The summed E-state index contributed by atoms with van der Waals surface area (Å²) >= 11 is 0. The fourth-order valence-corrected chi connectivity index (χ4v) is 4.28. The first-order chi connectivity index (χ1) is 15.4. The van der Waals surface area contributed by atoms with E-state index >= 15 is 0 Å². The first-order valence-electron chi connectivity index (χ1n) is 12.0. The molecule has 0 heterocycles. The van der Waals surface area contributed by atoms with Crippen molar-refractivity contribution in [3.8, 4) is 17.2 Å². The summed E-state index contributed by atoms with van der Waals surface area (Å²) in [5, 5.41) is 12.7. The quantitative estimate of drug-likeness (QED) is 0.221. The van der Waals surface area contributed by atoms with Crippen LogP contribution in [0.2, 0.25) is 0 Å². The van der Waals surface area contributed by atoms with Gasteiger partial charge >= 0.3 is 29.6 Å². The third-order valence-electron chi connectivity index (χ3n) is 5.71. The summed E-state index contributed by atoms with van der Waals surface area (Å²) in [6, 6.07) is 10.6. The summed E-state index contributed by atoms with van der Waals surface area (Å²) < 4.78 is 36.9. The molecule has 0 unspecified atom stereocenters. The Balaban J connectivity index is 0.00000544. The minimum absolute atomic E-state index is 0. The van der Waals surface area contributed by atoms with E-state index in [1.807, 2.05) is 6.07 Å². The molecule has 1 N–H and O–H groups in total. The Bertz CT molecular complexity index is 897. The zero-order valence-corrected chi connectivity index (χ0v) is 23.0. The van der Waals surface area contributed by atoms with Gasteiger partial charge in [-0.3, -0.25) is 4.55 Å². The summed E-state index contributed by atoms with van der Waals surface area (Å²) in [5.41, 5.74) is 0.740. The van der Waals surface area contributed by atoms with E-state index in [4.69, 9.17) is 9.29 Å². The number of unbranched alkanes of at least 4 members (excludes halogenated alkanes) is 11. The number of rotatable bonds is 16. The first-order valence-corrected chi connectivity index (χ1v) is 13.4. The van der Waals surface area contributed by atoms with Crippen molar-refractivity contribution in [1.82, 2.24) is 0 Å². The molecule has 5 nitrogen and oxygen atoms in total. The van der Waals surface area contributed by atoms with Gasteiger partial charge in [-0.1, -0.05) is 101 Å². The van der Waals surface area contributed by atoms with Crippen LogP contribution in [0.3, 0.4) is 0 Å². The predicted molar refractivity (Wildman–Crippen MR) is 127 cm³/mol. The van der Waals surface area contributed by atoms with Gasteiger partial charge in [0.05, 0.1) is 4.90 Å². The Hall–Kier alpha value is -1.05. The van der Waals surface area contributed by atoms with Crippen LogP contribution in [0.15, 0.2) is 47.4 Å². The number of hydrogen-bond acceptors (Lipinski definition) is 4. The molecule has 2 aromatic carbocycles. The molecule has 178 valence electrons. The molecule has 7 heteroatoms. The van der Waals surface area contributed by atoms with Crippen molar-refractivity contribution in [2.45, 2.75) is 95.3 Å². The molecule has 33 heavy (non-hydrogen) atoms. The Kier molecular flexibility index (Phi) is 15.0. The molecule has 0 aliphatic carbocycles. The van der Waals surface area contributed by atoms with Gasteiger partial charge in [0.15, 0.2) is 0 Å². The van der Waals surface area contributed by atoms with E-state index in [1.165, 1.54) is 88.5 Å². The molecular formula is C26H37NaO5S. The summed E-state index contributed by atoms with van der Waals surface area (Å²) in [7, 11) is -4.25. The van der Waals surface area contributed by atoms with Crippen LogP contribution < -0.4 is 39.4 Å². The van der Waals surface area contributed by atoms with Crippen LogP contribution in [0.5, 0.6) is 17.2 Å². The van der Waals surface area contributed by atoms with Crippen molar-refractivity contribution in [1.29, 1.82) is 0 Å². The molecule has 0 saturated heterocycles. The van der Waals surface area contributed by atoms with E-state index in [9.17, 15) is 13.5 Å². The maximum absolute atomic E-state index is 12.7. The minimum atomic E-state index is -4.25. The Morgan fingerprint density at radius 1 is 0.788 bits per heavy atom. The molecule has 0 saturated carbocycles. The average molecular weight is 485 g/mol. The Labute approximate surface area is 222 Å². The van der Waals surface area contributed by atoms with Gasteiger partial charge in [0, 0.05) is 0 Å². The van der Waals surface area contributed by atoms with Crippen molar-refractivity contribution in [3.05, 3.63) is 48.0 Å². The van der Waals surface area contributed by atoms with Crippen LogP contribution in [0.4, 0.5) is 0 Å². The average Bonchev–Trinajstić information content (AvgIpc) is 2.76. The zero-order chi connectivity index (χ0) is 23.2. The molecule has 0 spiro atoms. The second kappa shape index (κ2) is 16.6. The van der Waals surface area contributed by atoms with Crippen LogP contribution in [0.1, 0.15) is 89.5 Å².